The number of aryl methyl sites for hydroxylation is 2. The van der Waals surface area contributed by atoms with Crippen LogP contribution in [0.4, 0.5) is 0 Å². The number of fused-ring (bicyclic) bond motifs is 1. The average Bonchev–Trinajstić information content (AvgIpc) is 3.29. The first-order valence-corrected chi connectivity index (χ1v) is 10.5. The fraction of sp³-hybridized carbons (Fsp3) is 0.316. The number of H-pyrrole nitrogens is 1. The van der Waals surface area contributed by atoms with Crippen molar-refractivity contribution in [2.75, 3.05) is 0 Å². The van der Waals surface area contributed by atoms with Gasteiger partial charge in [-0.2, -0.15) is 4.98 Å². The van der Waals surface area contributed by atoms with Gasteiger partial charge in [-0.3, -0.25) is 4.79 Å². The van der Waals surface area contributed by atoms with E-state index in [1.54, 1.807) is 32.0 Å². The highest BCUT2D eigenvalue weighted by Gasteiger charge is 2.20. The molecule has 0 aliphatic heterocycles. The van der Waals surface area contributed by atoms with Crippen molar-refractivity contribution >= 4 is 10.0 Å². The molecule has 2 aromatic heterocycles. The number of sulfonamides is 1. The van der Waals surface area contributed by atoms with E-state index in [2.05, 4.69) is 19.8 Å². The second-order valence-electron chi connectivity index (χ2n) is 7.10. The largest absolute Gasteiger partial charge is 0.333 e. The minimum absolute atomic E-state index is 0.111. The second kappa shape index (κ2) is 6.99. The Morgan fingerprint density at radius 3 is 2.82 bits per heavy atom. The van der Waals surface area contributed by atoms with Crippen LogP contribution in [-0.2, 0) is 22.9 Å². The van der Waals surface area contributed by atoms with Crippen LogP contribution in [0.25, 0.3) is 22.8 Å². The van der Waals surface area contributed by atoms with Crippen LogP contribution in [0, 0.1) is 0 Å². The quantitative estimate of drug-likeness (QED) is 0.678. The molecule has 0 unspecified atom stereocenters. The third-order valence-electron chi connectivity index (χ3n) is 4.54. The predicted octanol–water partition coefficient (Wildman–Crippen LogP) is 2.27. The van der Waals surface area contributed by atoms with Crippen LogP contribution in [0.5, 0.6) is 0 Å². The lowest BCUT2D eigenvalue weighted by Gasteiger charge is -2.09. The van der Waals surface area contributed by atoms with Gasteiger partial charge in [-0.15, -0.1) is 0 Å². The molecule has 0 spiro atoms. The number of hydrogen-bond acceptors (Lipinski definition) is 6. The van der Waals surface area contributed by atoms with E-state index < -0.39 is 10.0 Å². The Hall–Kier alpha value is -2.78. The van der Waals surface area contributed by atoms with Crippen molar-refractivity contribution in [1.29, 1.82) is 0 Å². The van der Waals surface area contributed by atoms with Crippen molar-refractivity contribution < 1.29 is 12.9 Å². The van der Waals surface area contributed by atoms with Crippen molar-refractivity contribution in [3.8, 4) is 22.8 Å². The normalized spacial score (nSPS) is 13.8. The number of pyridine rings is 1. The minimum Gasteiger partial charge on any atom is -0.333 e. The smallest absolute Gasteiger partial charge is 0.263 e. The second-order valence-corrected chi connectivity index (χ2v) is 8.81. The molecule has 1 aliphatic rings. The van der Waals surface area contributed by atoms with Gasteiger partial charge in [0.25, 0.3) is 11.4 Å². The molecular weight excluding hydrogens is 380 g/mol. The topological polar surface area (TPSA) is 118 Å². The zero-order valence-corrected chi connectivity index (χ0v) is 16.3. The first-order chi connectivity index (χ1) is 13.3. The van der Waals surface area contributed by atoms with Crippen molar-refractivity contribution in [3.63, 3.8) is 0 Å². The molecule has 0 radical (unpaired) electrons. The molecule has 0 saturated heterocycles. The lowest BCUT2D eigenvalue weighted by molar-refractivity contribution is 0.431. The minimum atomic E-state index is -3.64. The monoisotopic (exact) mass is 400 g/mol. The van der Waals surface area contributed by atoms with Gasteiger partial charge in [0.2, 0.25) is 15.8 Å². The molecule has 1 aliphatic carbocycles. The third kappa shape index (κ3) is 3.50. The van der Waals surface area contributed by atoms with E-state index in [9.17, 15) is 13.2 Å². The van der Waals surface area contributed by atoms with Crippen LogP contribution >= 0.6 is 0 Å². The zero-order valence-electron chi connectivity index (χ0n) is 15.5. The Morgan fingerprint density at radius 1 is 1.21 bits per heavy atom. The van der Waals surface area contributed by atoms with Crippen LogP contribution < -0.4 is 10.3 Å². The summed E-state index contributed by atoms with van der Waals surface area (Å²) in [5.41, 5.74) is 2.59. The molecule has 4 rings (SSSR count). The van der Waals surface area contributed by atoms with Gasteiger partial charge >= 0.3 is 0 Å². The van der Waals surface area contributed by atoms with Gasteiger partial charge < -0.3 is 9.51 Å². The summed E-state index contributed by atoms with van der Waals surface area (Å²) in [6.45, 7) is 3.50. The maximum absolute atomic E-state index is 12.4. The highest BCUT2D eigenvalue weighted by atomic mass is 32.2. The fourth-order valence-corrected chi connectivity index (χ4v) is 4.60. The van der Waals surface area contributed by atoms with E-state index in [0.717, 1.165) is 30.5 Å². The SMILES string of the molecule is CC(C)NS(=O)(=O)c1cccc(-c2noc(-c3cc4c([nH]c3=O)CCC4)n2)c1. The summed E-state index contributed by atoms with van der Waals surface area (Å²) in [6, 6.07) is 7.86. The van der Waals surface area contributed by atoms with E-state index >= 15 is 0 Å². The molecule has 0 bridgehead atoms. The van der Waals surface area contributed by atoms with Gasteiger partial charge in [-0.1, -0.05) is 17.3 Å². The number of rotatable bonds is 5. The van der Waals surface area contributed by atoms with Crippen LogP contribution in [0.1, 0.15) is 31.5 Å². The number of hydrogen-bond donors (Lipinski definition) is 2. The van der Waals surface area contributed by atoms with Crippen LogP contribution in [0.3, 0.4) is 0 Å². The maximum atomic E-state index is 12.4. The van der Waals surface area contributed by atoms with Crippen LogP contribution in [0.15, 0.2) is 44.5 Å². The summed E-state index contributed by atoms with van der Waals surface area (Å²) in [7, 11) is -3.64. The van der Waals surface area contributed by atoms with Crippen molar-refractivity contribution in [1.82, 2.24) is 19.8 Å². The molecule has 9 heteroatoms. The summed E-state index contributed by atoms with van der Waals surface area (Å²) in [6.07, 6.45) is 2.78. The molecule has 1 aromatic carbocycles. The van der Waals surface area contributed by atoms with Gasteiger partial charge in [0.05, 0.1) is 4.90 Å². The van der Waals surface area contributed by atoms with Crippen molar-refractivity contribution in [2.45, 2.75) is 44.0 Å². The van der Waals surface area contributed by atoms with Gasteiger partial charge in [0.15, 0.2) is 0 Å². The van der Waals surface area contributed by atoms with Crippen molar-refractivity contribution in [2.24, 2.45) is 0 Å². The lowest BCUT2D eigenvalue weighted by Crippen LogP contribution is -2.30. The Labute approximate surface area is 162 Å². The first kappa shape index (κ1) is 18.6. The van der Waals surface area contributed by atoms with Gasteiger partial charge in [-0.25, -0.2) is 13.1 Å². The van der Waals surface area contributed by atoms with E-state index in [1.165, 1.54) is 12.1 Å². The Balaban J connectivity index is 1.69. The predicted molar refractivity (Wildman–Crippen MR) is 103 cm³/mol. The molecule has 146 valence electrons. The standard InChI is InChI=1S/C19H20N4O4S/c1-11(2)23-28(25,26)14-7-3-6-13(9-14)17-21-19(27-22-17)15-10-12-5-4-8-16(12)20-18(15)24/h3,6-7,9-11,23H,4-5,8H2,1-2H3,(H,20,24). The van der Waals surface area contributed by atoms with E-state index in [-0.39, 0.29) is 28.2 Å². The number of nitrogens with one attached hydrogen (secondary N) is 2. The summed E-state index contributed by atoms with van der Waals surface area (Å²) < 4.78 is 32.6. The number of nitrogens with zero attached hydrogens (tertiary/aromatic N) is 2. The molecule has 0 fully saturated rings. The molecular formula is C19H20N4O4S. The average molecular weight is 400 g/mol. The Kier molecular flexibility index (Phi) is 4.64. The Morgan fingerprint density at radius 2 is 2.04 bits per heavy atom. The van der Waals surface area contributed by atoms with Crippen LogP contribution in [-0.4, -0.2) is 29.6 Å². The first-order valence-electron chi connectivity index (χ1n) is 9.05. The molecule has 2 heterocycles. The molecule has 3 aromatic rings. The van der Waals surface area contributed by atoms with Crippen molar-refractivity contribution in [3.05, 3.63) is 51.9 Å². The highest BCUT2D eigenvalue weighted by Crippen LogP contribution is 2.25. The summed E-state index contributed by atoms with van der Waals surface area (Å²) >= 11 is 0. The molecule has 0 saturated carbocycles. The van der Waals surface area contributed by atoms with E-state index in [1.807, 2.05) is 0 Å². The summed E-state index contributed by atoms with van der Waals surface area (Å²) in [5, 5.41) is 3.93. The van der Waals surface area contributed by atoms with Gasteiger partial charge in [0.1, 0.15) is 5.56 Å². The van der Waals surface area contributed by atoms with Crippen LogP contribution in [0.2, 0.25) is 0 Å². The molecule has 28 heavy (non-hydrogen) atoms. The molecule has 8 nitrogen and oxygen atoms in total. The van der Waals surface area contributed by atoms with Gasteiger partial charge in [0, 0.05) is 17.3 Å². The summed E-state index contributed by atoms with van der Waals surface area (Å²) in [5.74, 6) is 0.330. The Bertz CT molecular complexity index is 1190. The van der Waals surface area contributed by atoms with E-state index in [4.69, 9.17) is 4.52 Å². The number of aromatic amines is 1. The summed E-state index contributed by atoms with van der Waals surface area (Å²) in [4.78, 5) is 19.6. The fourth-order valence-electron chi connectivity index (χ4n) is 3.30. The zero-order chi connectivity index (χ0) is 19.9. The molecule has 0 amide bonds. The maximum Gasteiger partial charge on any atom is 0.263 e. The van der Waals surface area contributed by atoms with E-state index in [0.29, 0.717) is 11.1 Å². The third-order valence-corrected chi connectivity index (χ3v) is 6.19. The highest BCUT2D eigenvalue weighted by molar-refractivity contribution is 7.89. The molecule has 2 N–H and O–H groups in total. The van der Waals surface area contributed by atoms with Gasteiger partial charge in [-0.05, 0) is 56.9 Å². The number of benzene rings is 1. The number of aromatic nitrogens is 3. The molecule has 0 atom stereocenters. The lowest BCUT2D eigenvalue weighted by atomic mass is 10.1.